The molecule has 1 heterocycles. The molecule has 0 fully saturated rings. The average molecular weight is 341 g/mol. The Morgan fingerprint density at radius 1 is 0.792 bits per heavy atom. The Labute approximate surface area is 143 Å². The topological polar surface area (TPSA) is 71.3 Å². The van der Waals surface area contributed by atoms with Gasteiger partial charge in [-0.25, -0.2) is 0 Å². The van der Waals surface area contributed by atoms with Crippen molar-refractivity contribution in [2.75, 3.05) is 0 Å². The Bertz CT molecular complexity index is 875. The third kappa shape index (κ3) is 3.47. The Kier molecular flexibility index (Phi) is 4.63. The van der Waals surface area contributed by atoms with Crippen molar-refractivity contribution in [3.63, 3.8) is 0 Å². The lowest BCUT2D eigenvalue weighted by molar-refractivity contribution is 0.0831. The van der Waals surface area contributed by atoms with Crippen molar-refractivity contribution < 1.29 is 14.0 Å². The number of hydrogen-bond donors (Lipinski definition) is 2. The SMILES string of the molecule is O=C(NNC(=O)c1ccc(-c2ccccc2Cl)o1)c1ccccc1. The lowest BCUT2D eigenvalue weighted by Crippen LogP contribution is -2.41. The summed E-state index contributed by atoms with van der Waals surface area (Å²) in [6.45, 7) is 0. The second-order valence-corrected chi connectivity index (χ2v) is 5.33. The first-order valence-electron chi connectivity index (χ1n) is 7.15. The van der Waals surface area contributed by atoms with Gasteiger partial charge in [0, 0.05) is 11.1 Å². The van der Waals surface area contributed by atoms with Crippen molar-refractivity contribution in [3.05, 3.63) is 83.1 Å². The second-order valence-electron chi connectivity index (χ2n) is 4.92. The Balaban J connectivity index is 1.66. The summed E-state index contributed by atoms with van der Waals surface area (Å²) in [5.74, 6) is -0.433. The maximum atomic E-state index is 12.1. The number of hydrazine groups is 1. The fourth-order valence-electron chi connectivity index (χ4n) is 2.10. The number of carbonyl (C=O) groups excluding carboxylic acids is 2. The molecule has 120 valence electrons. The molecule has 0 atom stereocenters. The summed E-state index contributed by atoms with van der Waals surface area (Å²) < 4.78 is 5.50. The standard InChI is InChI=1S/C18H13ClN2O3/c19-14-9-5-4-8-13(14)15-10-11-16(24-15)18(23)21-20-17(22)12-6-2-1-3-7-12/h1-11H,(H,20,22)(H,21,23). The van der Waals surface area contributed by atoms with E-state index in [1.807, 2.05) is 12.1 Å². The molecule has 0 aliphatic carbocycles. The summed E-state index contributed by atoms with van der Waals surface area (Å²) in [6.07, 6.45) is 0. The first kappa shape index (κ1) is 15.8. The van der Waals surface area contributed by atoms with E-state index in [4.69, 9.17) is 16.0 Å². The minimum atomic E-state index is -0.558. The molecule has 0 aliphatic rings. The van der Waals surface area contributed by atoms with E-state index >= 15 is 0 Å². The largest absolute Gasteiger partial charge is 0.451 e. The number of hydrogen-bond acceptors (Lipinski definition) is 3. The number of furan rings is 1. The minimum absolute atomic E-state index is 0.0679. The van der Waals surface area contributed by atoms with Gasteiger partial charge >= 0.3 is 5.91 Å². The highest BCUT2D eigenvalue weighted by molar-refractivity contribution is 6.33. The molecule has 0 unspecified atom stereocenters. The van der Waals surface area contributed by atoms with Crippen LogP contribution in [-0.2, 0) is 0 Å². The van der Waals surface area contributed by atoms with Gasteiger partial charge in [-0.2, -0.15) is 0 Å². The third-order valence-electron chi connectivity index (χ3n) is 3.29. The molecule has 3 rings (SSSR count). The summed E-state index contributed by atoms with van der Waals surface area (Å²) in [6, 6.07) is 18.9. The summed E-state index contributed by atoms with van der Waals surface area (Å²) >= 11 is 6.10. The van der Waals surface area contributed by atoms with Gasteiger partial charge in [0.05, 0.1) is 5.02 Å². The molecular formula is C18H13ClN2O3. The second kappa shape index (κ2) is 7.02. The van der Waals surface area contributed by atoms with Crippen molar-refractivity contribution >= 4 is 23.4 Å². The maximum absolute atomic E-state index is 12.1. The van der Waals surface area contributed by atoms with Crippen LogP contribution in [0, 0.1) is 0 Å². The van der Waals surface area contributed by atoms with Crippen molar-refractivity contribution in [1.82, 2.24) is 10.9 Å². The van der Waals surface area contributed by atoms with E-state index in [2.05, 4.69) is 10.9 Å². The highest BCUT2D eigenvalue weighted by atomic mass is 35.5. The van der Waals surface area contributed by atoms with Gasteiger partial charge in [-0.1, -0.05) is 41.9 Å². The van der Waals surface area contributed by atoms with E-state index in [1.165, 1.54) is 6.07 Å². The number of rotatable bonds is 3. The van der Waals surface area contributed by atoms with Gasteiger partial charge in [0.2, 0.25) is 0 Å². The molecule has 5 nitrogen and oxygen atoms in total. The predicted octanol–water partition coefficient (Wildman–Crippen LogP) is 3.67. The first-order valence-corrected chi connectivity index (χ1v) is 7.53. The quantitative estimate of drug-likeness (QED) is 0.714. The average Bonchev–Trinajstić information content (AvgIpc) is 3.10. The van der Waals surface area contributed by atoms with Crippen LogP contribution in [0.1, 0.15) is 20.9 Å². The molecule has 6 heteroatoms. The Morgan fingerprint density at radius 3 is 2.21 bits per heavy atom. The van der Waals surface area contributed by atoms with E-state index in [9.17, 15) is 9.59 Å². The van der Waals surface area contributed by atoms with Crippen molar-refractivity contribution in [2.24, 2.45) is 0 Å². The molecule has 0 radical (unpaired) electrons. The maximum Gasteiger partial charge on any atom is 0.305 e. The molecule has 3 aromatic rings. The summed E-state index contributed by atoms with van der Waals surface area (Å²) in [4.78, 5) is 23.9. The van der Waals surface area contributed by atoms with Crippen LogP contribution < -0.4 is 10.9 Å². The zero-order valence-corrected chi connectivity index (χ0v) is 13.2. The molecular weight excluding hydrogens is 328 g/mol. The monoisotopic (exact) mass is 340 g/mol. The van der Waals surface area contributed by atoms with E-state index in [0.717, 1.165) is 0 Å². The number of nitrogens with one attached hydrogen (secondary N) is 2. The zero-order valence-electron chi connectivity index (χ0n) is 12.5. The van der Waals surface area contributed by atoms with Gasteiger partial charge in [-0.05, 0) is 36.4 Å². The molecule has 2 amide bonds. The van der Waals surface area contributed by atoms with Crippen LogP contribution in [0.15, 0.2) is 71.1 Å². The fraction of sp³-hybridized carbons (Fsp3) is 0. The summed E-state index contributed by atoms with van der Waals surface area (Å²) in [5.41, 5.74) is 5.77. The number of amides is 2. The molecule has 1 aromatic heterocycles. The Morgan fingerprint density at radius 2 is 1.46 bits per heavy atom. The van der Waals surface area contributed by atoms with Crippen LogP contribution >= 0.6 is 11.6 Å². The van der Waals surface area contributed by atoms with Crippen LogP contribution in [0.4, 0.5) is 0 Å². The Hall–Kier alpha value is -3.05. The van der Waals surface area contributed by atoms with Gasteiger partial charge in [-0.3, -0.25) is 20.4 Å². The molecule has 2 N–H and O–H groups in total. The van der Waals surface area contributed by atoms with Gasteiger partial charge in [0.15, 0.2) is 5.76 Å². The third-order valence-corrected chi connectivity index (χ3v) is 3.62. The highest BCUT2D eigenvalue weighted by Gasteiger charge is 2.14. The van der Waals surface area contributed by atoms with E-state index in [1.54, 1.807) is 48.5 Å². The molecule has 0 spiro atoms. The fourth-order valence-corrected chi connectivity index (χ4v) is 2.33. The lowest BCUT2D eigenvalue weighted by atomic mass is 10.2. The predicted molar refractivity (Wildman–Crippen MR) is 90.5 cm³/mol. The van der Waals surface area contributed by atoms with Crippen LogP contribution in [-0.4, -0.2) is 11.8 Å². The van der Waals surface area contributed by atoms with Gasteiger partial charge < -0.3 is 4.42 Å². The smallest absolute Gasteiger partial charge is 0.305 e. The van der Waals surface area contributed by atoms with Gasteiger partial charge in [-0.15, -0.1) is 0 Å². The zero-order chi connectivity index (χ0) is 16.9. The summed E-state index contributed by atoms with van der Waals surface area (Å²) in [7, 11) is 0. The van der Waals surface area contributed by atoms with Crippen molar-refractivity contribution in [1.29, 1.82) is 0 Å². The molecule has 0 aliphatic heterocycles. The highest BCUT2D eigenvalue weighted by Crippen LogP contribution is 2.28. The first-order chi connectivity index (χ1) is 11.6. The van der Waals surface area contributed by atoms with Crippen LogP contribution in [0.3, 0.4) is 0 Å². The molecule has 0 saturated heterocycles. The van der Waals surface area contributed by atoms with Crippen LogP contribution in [0.2, 0.25) is 5.02 Å². The molecule has 24 heavy (non-hydrogen) atoms. The summed E-state index contributed by atoms with van der Waals surface area (Å²) in [5, 5.41) is 0.524. The van der Waals surface area contributed by atoms with Crippen LogP contribution in [0.5, 0.6) is 0 Å². The molecule has 0 bridgehead atoms. The van der Waals surface area contributed by atoms with E-state index < -0.39 is 11.8 Å². The van der Waals surface area contributed by atoms with Gasteiger partial charge in [0.25, 0.3) is 5.91 Å². The lowest BCUT2D eigenvalue weighted by Gasteiger charge is -2.05. The van der Waals surface area contributed by atoms with E-state index in [0.29, 0.717) is 21.9 Å². The van der Waals surface area contributed by atoms with Crippen LogP contribution in [0.25, 0.3) is 11.3 Å². The normalized spacial score (nSPS) is 10.2. The molecule has 0 saturated carbocycles. The number of halogens is 1. The number of benzene rings is 2. The number of carbonyl (C=O) groups is 2. The van der Waals surface area contributed by atoms with Crippen molar-refractivity contribution in [3.8, 4) is 11.3 Å². The minimum Gasteiger partial charge on any atom is -0.451 e. The van der Waals surface area contributed by atoms with E-state index in [-0.39, 0.29) is 5.76 Å². The molecule has 2 aromatic carbocycles. The van der Waals surface area contributed by atoms with Gasteiger partial charge in [0.1, 0.15) is 5.76 Å². The van der Waals surface area contributed by atoms with Crippen molar-refractivity contribution in [2.45, 2.75) is 0 Å².